The van der Waals surface area contributed by atoms with Crippen LogP contribution in [0, 0.1) is 0 Å². The summed E-state index contributed by atoms with van der Waals surface area (Å²) in [5.41, 5.74) is 21.9. The van der Waals surface area contributed by atoms with Crippen molar-refractivity contribution in [3.8, 4) is 5.75 Å². The molecule has 4 heteroatoms. The Balaban J connectivity index is 0.00000221. The van der Waals surface area contributed by atoms with Crippen LogP contribution in [-0.4, -0.2) is 7.05 Å². The van der Waals surface area contributed by atoms with Crippen molar-refractivity contribution in [2.24, 2.45) is 11.5 Å². The molecular weight excluding hydrogens is 661 g/mol. The van der Waals surface area contributed by atoms with Crippen molar-refractivity contribution in [2.75, 3.05) is 7.05 Å². The second-order valence-corrected chi connectivity index (χ2v) is 12.7. The van der Waals surface area contributed by atoms with Gasteiger partial charge < -0.3 is 20.6 Å². The minimum absolute atomic E-state index is 0.721. The molecule has 0 unspecified atom stereocenters. The Morgan fingerprint density at radius 2 is 1.39 bits per heavy atom. The summed E-state index contributed by atoms with van der Waals surface area (Å²) in [6.45, 7) is 4.27. The molecule has 1 aliphatic rings. The second-order valence-electron chi connectivity index (χ2n) is 12.7. The number of rotatable bonds is 8. The number of para-hydroxylation sites is 1. The standard InChI is InChI=1S/C49H37NO2.CH5N/c1-34-14-11-12-29-51-47-27-25-39(31-45(34)47)40(33-50)30-37(38-26-28-49-46(32-38)44-22-9-10-24-48(44)52-49)18-6-8-21-41(35-15-3-2-4-16-35)43-23-13-19-36-17-5-7-20-42(36)43;1-2/h2-7,9-33H,1,8,50H2;2H2,1H3/b14-11-,18-6+,29-12-,37-30+,40-33+,41-21-;. The van der Waals surface area contributed by atoms with Crippen LogP contribution in [0.2, 0.25) is 0 Å². The van der Waals surface area contributed by atoms with Crippen molar-refractivity contribution in [1.29, 1.82) is 0 Å². The van der Waals surface area contributed by atoms with Gasteiger partial charge in [0.2, 0.25) is 0 Å². The Bertz CT molecular complexity index is 2640. The van der Waals surface area contributed by atoms with E-state index in [2.05, 4.69) is 140 Å². The molecule has 0 atom stereocenters. The van der Waals surface area contributed by atoms with Crippen LogP contribution in [-0.2, 0) is 0 Å². The summed E-state index contributed by atoms with van der Waals surface area (Å²) in [7, 11) is 1.50. The number of ether oxygens (including phenoxy) is 1. The van der Waals surface area contributed by atoms with Gasteiger partial charge in [-0.15, -0.1) is 0 Å². The normalized spacial score (nSPS) is 14.6. The Hall–Kier alpha value is -6.88. The van der Waals surface area contributed by atoms with Gasteiger partial charge in [-0.3, -0.25) is 0 Å². The number of nitrogens with two attached hydrogens (primary N) is 2. The summed E-state index contributed by atoms with van der Waals surface area (Å²) >= 11 is 0. The van der Waals surface area contributed by atoms with E-state index in [4.69, 9.17) is 14.9 Å². The van der Waals surface area contributed by atoms with Crippen LogP contribution in [0.4, 0.5) is 0 Å². The van der Waals surface area contributed by atoms with E-state index in [0.29, 0.717) is 0 Å². The summed E-state index contributed by atoms with van der Waals surface area (Å²) in [6, 6.07) is 46.3. The molecule has 0 bridgehead atoms. The molecule has 264 valence electrons. The molecule has 0 radical (unpaired) electrons. The summed E-state index contributed by atoms with van der Waals surface area (Å²) in [6.07, 6.45) is 18.7. The van der Waals surface area contributed by atoms with E-state index in [9.17, 15) is 0 Å². The second kappa shape index (κ2) is 16.6. The minimum Gasteiger partial charge on any atom is -0.464 e. The summed E-state index contributed by atoms with van der Waals surface area (Å²) in [5.74, 6) is 0.749. The number of furan rings is 1. The molecule has 0 fully saturated rings. The van der Waals surface area contributed by atoms with Crippen molar-refractivity contribution < 1.29 is 9.15 Å². The minimum atomic E-state index is 0.721. The van der Waals surface area contributed by atoms with E-state index in [-0.39, 0.29) is 0 Å². The molecule has 1 aliphatic heterocycles. The number of hydrogen-bond acceptors (Lipinski definition) is 4. The van der Waals surface area contributed by atoms with Crippen LogP contribution in [0.15, 0.2) is 199 Å². The van der Waals surface area contributed by atoms with Crippen LogP contribution >= 0.6 is 0 Å². The smallest absolute Gasteiger partial charge is 0.135 e. The van der Waals surface area contributed by atoms with Gasteiger partial charge in [0.15, 0.2) is 0 Å². The van der Waals surface area contributed by atoms with Crippen molar-refractivity contribution in [3.63, 3.8) is 0 Å². The topological polar surface area (TPSA) is 74.4 Å². The monoisotopic (exact) mass is 702 g/mol. The van der Waals surface area contributed by atoms with Gasteiger partial charge in [-0.05, 0) is 111 Å². The fraction of sp³-hybridized carbons (Fsp3) is 0.0400. The van der Waals surface area contributed by atoms with Crippen LogP contribution in [0.1, 0.15) is 34.2 Å². The van der Waals surface area contributed by atoms with Crippen molar-refractivity contribution >= 4 is 55.0 Å². The number of hydrogen-bond donors (Lipinski definition) is 2. The maximum atomic E-state index is 6.38. The fourth-order valence-electron chi connectivity index (χ4n) is 6.85. The van der Waals surface area contributed by atoms with Gasteiger partial charge in [0.1, 0.15) is 16.9 Å². The first-order chi connectivity index (χ1) is 26.7. The molecule has 54 heavy (non-hydrogen) atoms. The van der Waals surface area contributed by atoms with Crippen molar-refractivity contribution in [2.45, 2.75) is 6.42 Å². The van der Waals surface area contributed by atoms with E-state index < -0.39 is 0 Å². The van der Waals surface area contributed by atoms with Crippen molar-refractivity contribution in [1.82, 2.24) is 0 Å². The first-order valence-electron chi connectivity index (χ1n) is 18.0. The van der Waals surface area contributed by atoms with Gasteiger partial charge in [0, 0.05) is 22.5 Å². The van der Waals surface area contributed by atoms with E-state index >= 15 is 0 Å². The molecule has 1 aromatic heterocycles. The molecule has 2 heterocycles. The highest BCUT2D eigenvalue weighted by atomic mass is 16.5. The number of allylic oxidation sites excluding steroid dienone is 10. The summed E-state index contributed by atoms with van der Waals surface area (Å²) in [4.78, 5) is 0. The SMILES string of the molecule is C=C1/C=C\C=C/Oc2ccc(C(=C/N)/C=C(\C=C\C/C=C(/c3ccccc3)c3cccc4ccccc34)c3ccc4oc5ccccc5c4c3)cc21.CN. The lowest BCUT2D eigenvalue weighted by Gasteiger charge is -2.14. The third kappa shape index (κ3) is 7.51. The van der Waals surface area contributed by atoms with Gasteiger partial charge in [-0.1, -0.05) is 140 Å². The molecule has 0 amide bonds. The highest BCUT2D eigenvalue weighted by Gasteiger charge is 2.13. The largest absolute Gasteiger partial charge is 0.464 e. The molecule has 4 N–H and O–H groups in total. The molecule has 4 nitrogen and oxygen atoms in total. The molecule has 0 saturated heterocycles. The molecule has 0 spiro atoms. The third-order valence-corrected chi connectivity index (χ3v) is 9.46. The Kier molecular flexibility index (Phi) is 10.9. The lowest BCUT2D eigenvalue weighted by molar-refractivity contribution is 0.479. The summed E-state index contributed by atoms with van der Waals surface area (Å²) in [5, 5.41) is 4.62. The maximum absolute atomic E-state index is 6.38. The fourth-order valence-corrected chi connectivity index (χ4v) is 6.85. The van der Waals surface area contributed by atoms with E-state index in [1.165, 1.54) is 34.5 Å². The first-order valence-corrected chi connectivity index (χ1v) is 18.0. The van der Waals surface area contributed by atoms with E-state index in [0.717, 1.165) is 67.5 Å². The van der Waals surface area contributed by atoms with E-state index in [1.54, 1.807) is 12.5 Å². The molecular formula is C50H42N2O2. The van der Waals surface area contributed by atoms with Gasteiger partial charge in [-0.25, -0.2) is 0 Å². The maximum Gasteiger partial charge on any atom is 0.135 e. The zero-order chi connectivity index (χ0) is 37.3. The predicted molar refractivity (Wildman–Crippen MR) is 230 cm³/mol. The van der Waals surface area contributed by atoms with Crippen LogP contribution in [0.5, 0.6) is 5.75 Å². The van der Waals surface area contributed by atoms with Gasteiger partial charge >= 0.3 is 0 Å². The molecule has 8 rings (SSSR count). The average Bonchev–Trinajstić information content (AvgIpc) is 3.60. The van der Waals surface area contributed by atoms with Crippen LogP contribution in [0.3, 0.4) is 0 Å². The Morgan fingerprint density at radius 1 is 0.667 bits per heavy atom. The summed E-state index contributed by atoms with van der Waals surface area (Å²) < 4.78 is 12.0. The van der Waals surface area contributed by atoms with Crippen molar-refractivity contribution in [3.05, 3.63) is 223 Å². The van der Waals surface area contributed by atoms with Gasteiger partial charge in [0.05, 0.1) is 6.26 Å². The lowest BCUT2D eigenvalue weighted by atomic mass is 9.92. The van der Waals surface area contributed by atoms with E-state index in [1.807, 2.05) is 48.6 Å². The van der Waals surface area contributed by atoms with Crippen LogP contribution < -0.4 is 16.2 Å². The molecule has 7 aromatic rings. The molecule has 0 saturated carbocycles. The quantitative estimate of drug-likeness (QED) is 0.155. The molecule has 6 aromatic carbocycles. The Labute approximate surface area is 316 Å². The van der Waals surface area contributed by atoms with Crippen LogP contribution in [0.25, 0.3) is 55.0 Å². The highest BCUT2D eigenvalue weighted by molar-refractivity contribution is 6.06. The van der Waals surface area contributed by atoms with Gasteiger partial charge in [-0.2, -0.15) is 0 Å². The zero-order valence-electron chi connectivity index (χ0n) is 30.3. The predicted octanol–water partition coefficient (Wildman–Crippen LogP) is 12.3. The van der Waals surface area contributed by atoms with Gasteiger partial charge in [0.25, 0.3) is 0 Å². The average molecular weight is 703 g/mol. The third-order valence-electron chi connectivity index (χ3n) is 9.46. The lowest BCUT2D eigenvalue weighted by Crippen LogP contribution is -1.95. The first kappa shape index (κ1) is 35.5. The zero-order valence-corrected chi connectivity index (χ0v) is 30.3. The Morgan fingerprint density at radius 3 is 2.24 bits per heavy atom. The number of benzene rings is 6. The number of fused-ring (bicyclic) bond motifs is 5. The molecule has 0 aliphatic carbocycles. The highest BCUT2D eigenvalue weighted by Crippen LogP contribution is 2.35.